The Morgan fingerprint density at radius 3 is 2.62 bits per heavy atom. The van der Waals surface area contributed by atoms with Gasteiger partial charge in [-0.2, -0.15) is 10.4 Å². The van der Waals surface area contributed by atoms with E-state index in [1.165, 1.54) is 0 Å². The van der Waals surface area contributed by atoms with Gasteiger partial charge in [0.1, 0.15) is 11.6 Å². The Morgan fingerprint density at radius 1 is 1.56 bits per heavy atom. The first-order valence-corrected chi connectivity index (χ1v) is 8.85. The number of hydrogen-bond donors (Lipinski definition) is 2. The highest BCUT2D eigenvalue weighted by Crippen LogP contribution is 2.30. The first-order chi connectivity index (χ1) is 7.41. The zero-order valence-electron chi connectivity index (χ0n) is 10.2. The molecule has 0 amide bonds. The molecule has 0 aliphatic rings. The zero-order valence-corrected chi connectivity index (χ0v) is 11.2. The third-order valence-electron chi connectivity index (χ3n) is 2.32. The second-order valence-corrected chi connectivity index (χ2v) is 9.97. The molecular formula is C10H18N4OSi. The average Bonchev–Trinajstić information content (AvgIpc) is 2.54. The van der Waals surface area contributed by atoms with Gasteiger partial charge in [0.25, 0.3) is 0 Å². The molecule has 1 atom stereocenters. The lowest BCUT2D eigenvalue weighted by Crippen LogP contribution is -2.33. The van der Waals surface area contributed by atoms with Crippen LogP contribution in [0.25, 0.3) is 0 Å². The van der Waals surface area contributed by atoms with Crippen LogP contribution in [0, 0.1) is 11.3 Å². The van der Waals surface area contributed by atoms with Crippen LogP contribution in [0.5, 0.6) is 0 Å². The summed E-state index contributed by atoms with van der Waals surface area (Å²) in [4.78, 5) is 0. The summed E-state index contributed by atoms with van der Waals surface area (Å²) in [7, 11) is -1.58. The van der Waals surface area contributed by atoms with Gasteiger partial charge < -0.3 is 10.5 Å². The molecule has 3 N–H and O–H groups in total. The number of H-pyrrole nitrogens is 1. The van der Waals surface area contributed by atoms with E-state index in [-0.39, 0.29) is 11.5 Å². The molecule has 1 aromatic heterocycles. The molecule has 1 rings (SSSR count). The normalized spacial score (nSPS) is 13.4. The predicted octanol–water partition coefficient (Wildman–Crippen LogP) is 1.82. The molecule has 0 aliphatic heterocycles. The number of nitrogen functional groups attached to an aromatic ring is 1. The maximum absolute atomic E-state index is 9.04. The Labute approximate surface area is 96.6 Å². The molecule has 1 unspecified atom stereocenters. The Bertz CT molecular complexity index is 402. The van der Waals surface area contributed by atoms with Crippen molar-refractivity contribution in [2.75, 3.05) is 12.3 Å². The summed E-state index contributed by atoms with van der Waals surface area (Å²) in [6, 6.07) is 2.08. The highest BCUT2D eigenvalue weighted by Gasteiger charge is 2.33. The number of aromatic nitrogens is 2. The molecule has 0 aromatic carbocycles. The van der Waals surface area contributed by atoms with Gasteiger partial charge in [0.2, 0.25) is 0 Å². The molecule has 0 radical (unpaired) electrons. The lowest BCUT2D eigenvalue weighted by molar-refractivity contribution is 0.109. The van der Waals surface area contributed by atoms with Gasteiger partial charge in [-0.3, -0.25) is 5.10 Å². The van der Waals surface area contributed by atoms with Crippen LogP contribution in [-0.4, -0.2) is 24.9 Å². The Kier molecular flexibility index (Phi) is 3.73. The number of nitrogens with one attached hydrogen (secondary N) is 1. The van der Waals surface area contributed by atoms with Gasteiger partial charge in [-0.25, -0.2) is 0 Å². The second kappa shape index (κ2) is 4.68. The number of nitrogens with two attached hydrogens (primary N) is 1. The van der Waals surface area contributed by atoms with Crippen molar-refractivity contribution in [3.05, 3.63) is 11.3 Å². The Morgan fingerprint density at radius 2 is 2.19 bits per heavy atom. The van der Waals surface area contributed by atoms with Crippen molar-refractivity contribution in [2.24, 2.45) is 0 Å². The van der Waals surface area contributed by atoms with Gasteiger partial charge in [-0.05, 0) is 6.92 Å². The first kappa shape index (κ1) is 12.7. The summed E-state index contributed by atoms with van der Waals surface area (Å²) in [5.41, 5.74) is 6.69. The van der Waals surface area contributed by atoms with Crippen molar-refractivity contribution in [1.82, 2.24) is 10.2 Å². The minimum absolute atomic E-state index is 0.0723. The van der Waals surface area contributed by atoms with Crippen molar-refractivity contribution >= 4 is 13.9 Å². The predicted molar refractivity (Wildman–Crippen MR) is 65.4 cm³/mol. The van der Waals surface area contributed by atoms with Crippen molar-refractivity contribution in [3.8, 4) is 6.07 Å². The van der Waals surface area contributed by atoms with E-state index in [4.69, 9.17) is 15.7 Å². The topological polar surface area (TPSA) is 87.7 Å². The molecule has 5 nitrogen and oxygen atoms in total. The van der Waals surface area contributed by atoms with Crippen molar-refractivity contribution in [2.45, 2.75) is 32.3 Å². The van der Waals surface area contributed by atoms with E-state index in [0.29, 0.717) is 12.2 Å². The van der Waals surface area contributed by atoms with Crippen molar-refractivity contribution in [3.63, 3.8) is 0 Å². The summed E-state index contributed by atoms with van der Waals surface area (Å²) in [6.07, 6.45) is 0. The van der Waals surface area contributed by atoms with Crippen LogP contribution in [0.3, 0.4) is 0 Å². The molecule has 88 valence electrons. The van der Waals surface area contributed by atoms with Crippen molar-refractivity contribution in [1.29, 1.82) is 5.26 Å². The fourth-order valence-electron chi connectivity index (χ4n) is 1.61. The van der Waals surface area contributed by atoms with Gasteiger partial charge in [-0.1, -0.05) is 19.6 Å². The number of nitrogens with zero attached hydrogens (tertiary/aromatic N) is 2. The lowest BCUT2D eigenvalue weighted by atomic mass is 10.2. The number of anilines is 1. The third kappa shape index (κ3) is 2.43. The van der Waals surface area contributed by atoms with Crippen molar-refractivity contribution < 1.29 is 4.74 Å². The van der Waals surface area contributed by atoms with E-state index in [1.807, 2.05) is 6.92 Å². The minimum atomic E-state index is -1.58. The monoisotopic (exact) mass is 238 g/mol. The largest absolute Gasteiger partial charge is 0.381 e. The Hall–Kier alpha value is -1.32. The SMILES string of the molecule is CCOC(c1[nH]nc(N)c1C#N)[Si](C)(C)C. The minimum Gasteiger partial charge on any atom is -0.381 e. The van der Waals surface area contributed by atoms with E-state index in [1.54, 1.807) is 0 Å². The van der Waals surface area contributed by atoms with Crippen LogP contribution >= 0.6 is 0 Å². The molecule has 1 aromatic rings. The molecular weight excluding hydrogens is 220 g/mol. The molecule has 16 heavy (non-hydrogen) atoms. The standard InChI is InChI=1S/C10H18N4OSi/c1-5-15-10(16(2,3)4)8-7(6-11)9(12)14-13-8/h10H,5H2,1-4H3,(H3,12,13,14). The maximum Gasteiger partial charge on any atom is 0.163 e. The summed E-state index contributed by atoms with van der Waals surface area (Å²) in [5.74, 6) is 0.250. The highest BCUT2D eigenvalue weighted by atomic mass is 28.3. The van der Waals surface area contributed by atoms with Crippen LogP contribution in [0.4, 0.5) is 5.82 Å². The molecule has 0 saturated heterocycles. The number of nitriles is 1. The van der Waals surface area contributed by atoms with E-state index in [9.17, 15) is 0 Å². The Balaban J connectivity index is 3.17. The maximum atomic E-state index is 9.04. The fraction of sp³-hybridized carbons (Fsp3) is 0.600. The summed E-state index contributed by atoms with van der Waals surface area (Å²) in [6.45, 7) is 9.11. The van der Waals surface area contributed by atoms with Gasteiger partial charge in [-0.15, -0.1) is 0 Å². The smallest absolute Gasteiger partial charge is 0.163 e. The number of ether oxygens (including phenoxy) is 1. The molecule has 0 bridgehead atoms. The summed E-state index contributed by atoms with van der Waals surface area (Å²) >= 11 is 0. The molecule has 0 spiro atoms. The van der Waals surface area contributed by atoms with Crippen LogP contribution in [0.1, 0.15) is 23.9 Å². The molecule has 6 heteroatoms. The van der Waals surface area contributed by atoms with Crippen LogP contribution in [0.15, 0.2) is 0 Å². The summed E-state index contributed by atoms with van der Waals surface area (Å²) in [5, 5.41) is 15.7. The quantitative estimate of drug-likeness (QED) is 0.783. The van der Waals surface area contributed by atoms with Gasteiger partial charge in [0.15, 0.2) is 5.82 Å². The zero-order chi connectivity index (χ0) is 12.3. The van der Waals surface area contributed by atoms with E-state index in [2.05, 4.69) is 35.9 Å². The third-order valence-corrected chi connectivity index (χ3v) is 4.34. The molecule has 1 heterocycles. The number of hydrogen-bond acceptors (Lipinski definition) is 4. The number of rotatable bonds is 4. The van der Waals surface area contributed by atoms with Crippen LogP contribution in [0.2, 0.25) is 19.6 Å². The van der Waals surface area contributed by atoms with Crippen LogP contribution in [-0.2, 0) is 4.74 Å². The van der Waals surface area contributed by atoms with Gasteiger partial charge >= 0.3 is 0 Å². The van der Waals surface area contributed by atoms with Gasteiger partial charge in [0.05, 0.1) is 19.5 Å². The first-order valence-electron chi connectivity index (χ1n) is 5.27. The molecule has 0 saturated carbocycles. The van der Waals surface area contributed by atoms with Crippen LogP contribution < -0.4 is 5.73 Å². The number of aromatic amines is 1. The van der Waals surface area contributed by atoms with Gasteiger partial charge in [0, 0.05) is 6.61 Å². The molecule has 0 fully saturated rings. The second-order valence-electron chi connectivity index (χ2n) is 4.71. The average molecular weight is 238 g/mol. The van der Waals surface area contributed by atoms with E-state index >= 15 is 0 Å². The fourth-order valence-corrected chi connectivity index (χ4v) is 3.35. The molecule has 0 aliphatic carbocycles. The highest BCUT2D eigenvalue weighted by molar-refractivity contribution is 6.77. The lowest BCUT2D eigenvalue weighted by Gasteiger charge is -2.27. The summed E-state index contributed by atoms with van der Waals surface area (Å²) < 4.78 is 5.73. The van der Waals surface area contributed by atoms with E-state index in [0.717, 1.165) is 5.69 Å². The van der Waals surface area contributed by atoms with E-state index < -0.39 is 8.07 Å².